The molecule has 0 aliphatic heterocycles. The van der Waals surface area contributed by atoms with E-state index in [1.807, 2.05) is 32.0 Å². The van der Waals surface area contributed by atoms with Crippen LogP contribution in [0.5, 0.6) is 0 Å². The Kier molecular flexibility index (Phi) is 4.58. The van der Waals surface area contributed by atoms with Gasteiger partial charge in [0.05, 0.1) is 0 Å². The molecule has 0 bridgehead atoms. The van der Waals surface area contributed by atoms with Crippen LogP contribution in [0.3, 0.4) is 0 Å². The molecule has 110 valence electrons. The zero-order valence-corrected chi connectivity index (χ0v) is 13.0. The molecular weight excluding hydrogens is 254 g/mol. The zero-order valence-electron chi connectivity index (χ0n) is 13.0. The van der Waals surface area contributed by atoms with E-state index in [0.29, 0.717) is 0 Å². The quantitative estimate of drug-likeness (QED) is 0.863. The molecule has 0 aromatic heterocycles. The average Bonchev–Trinajstić information content (AvgIpc) is 2.29. The SMILES string of the molecule is Cc1cccc(C(C)(C=O)NC(=O)OC(C)(C)C)c1C. The van der Waals surface area contributed by atoms with E-state index in [2.05, 4.69) is 5.32 Å². The fourth-order valence-corrected chi connectivity index (χ4v) is 1.99. The molecule has 0 spiro atoms. The molecule has 0 aliphatic carbocycles. The molecule has 0 aliphatic rings. The van der Waals surface area contributed by atoms with Crippen LogP contribution in [-0.4, -0.2) is 18.0 Å². The summed E-state index contributed by atoms with van der Waals surface area (Å²) in [6, 6.07) is 5.68. The normalized spacial score (nSPS) is 14.3. The van der Waals surface area contributed by atoms with Crippen LogP contribution in [0.4, 0.5) is 4.79 Å². The Hall–Kier alpha value is -1.84. The summed E-state index contributed by atoms with van der Waals surface area (Å²) in [6.45, 7) is 10.9. The van der Waals surface area contributed by atoms with Crippen molar-refractivity contribution in [2.24, 2.45) is 0 Å². The molecule has 1 unspecified atom stereocenters. The van der Waals surface area contributed by atoms with Gasteiger partial charge in [-0.3, -0.25) is 0 Å². The first kappa shape index (κ1) is 16.2. The molecule has 0 fully saturated rings. The Morgan fingerprint density at radius 3 is 2.30 bits per heavy atom. The van der Waals surface area contributed by atoms with Crippen LogP contribution in [-0.2, 0) is 15.1 Å². The molecule has 1 atom stereocenters. The minimum atomic E-state index is -1.10. The maximum atomic E-state index is 11.9. The Morgan fingerprint density at radius 2 is 1.80 bits per heavy atom. The largest absolute Gasteiger partial charge is 0.444 e. The van der Waals surface area contributed by atoms with E-state index in [1.165, 1.54) is 0 Å². The molecule has 1 rings (SSSR count). The fourth-order valence-electron chi connectivity index (χ4n) is 1.99. The van der Waals surface area contributed by atoms with Crippen molar-refractivity contribution in [1.29, 1.82) is 0 Å². The summed E-state index contributed by atoms with van der Waals surface area (Å²) in [4.78, 5) is 23.4. The summed E-state index contributed by atoms with van der Waals surface area (Å²) < 4.78 is 5.22. The van der Waals surface area contributed by atoms with Crippen molar-refractivity contribution in [2.75, 3.05) is 0 Å². The van der Waals surface area contributed by atoms with Crippen molar-refractivity contribution in [1.82, 2.24) is 5.32 Å². The molecule has 1 aromatic rings. The number of carbonyl (C=O) groups is 2. The number of hydrogen-bond acceptors (Lipinski definition) is 3. The first-order valence-corrected chi connectivity index (χ1v) is 6.63. The predicted molar refractivity (Wildman–Crippen MR) is 78.7 cm³/mol. The van der Waals surface area contributed by atoms with Gasteiger partial charge in [0.25, 0.3) is 0 Å². The van der Waals surface area contributed by atoms with E-state index in [9.17, 15) is 9.59 Å². The number of aldehydes is 1. The van der Waals surface area contributed by atoms with Crippen LogP contribution >= 0.6 is 0 Å². The van der Waals surface area contributed by atoms with Gasteiger partial charge in [0.1, 0.15) is 17.4 Å². The lowest BCUT2D eigenvalue weighted by Gasteiger charge is -2.29. The molecule has 0 saturated heterocycles. The molecule has 1 N–H and O–H groups in total. The lowest BCUT2D eigenvalue weighted by atomic mass is 9.88. The maximum absolute atomic E-state index is 11.9. The lowest BCUT2D eigenvalue weighted by Crippen LogP contribution is -2.47. The van der Waals surface area contributed by atoms with Gasteiger partial charge in [0, 0.05) is 0 Å². The van der Waals surface area contributed by atoms with E-state index >= 15 is 0 Å². The molecule has 0 saturated carbocycles. The van der Waals surface area contributed by atoms with Crippen molar-refractivity contribution < 1.29 is 14.3 Å². The highest BCUT2D eigenvalue weighted by molar-refractivity contribution is 5.78. The van der Waals surface area contributed by atoms with Gasteiger partial charge < -0.3 is 14.8 Å². The first-order valence-electron chi connectivity index (χ1n) is 6.63. The molecule has 4 nitrogen and oxygen atoms in total. The van der Waals surface area contributed by atoms with Crippen LogP contribution in [0.1, 0.15) is 44.4 Å². The Labute approximate surface area is 120 Å². The molecule has 4 heteroatoms. The summed E-state index contributed by atoms with van der Waals surface area (Å²) in [5.74, 6) is 0. The fraction of sp³-hybridized carbons (Fsp3) is 0.500. The molecule has 0 heterocycles. The minimum absolute atomic E-state index is 0.602. The van der Waals surface area contributed by atoms with Gasteiger partial charge in [0.15, 0.2) is 0 Å². The monoisotopic (exact) mass is 277 g/mol. The first-order chi connectivity index (χ1) is 9.09. The smallest absolute Gasteiger partial charge is 0.408 e. The minimum Gasteiger partial charge on any atom is -0.444 e. The van der Waals surface area contributed by atoms with Crippen molar-refractivity contribution >= 4 is 12.4 Å². The number of alkyl carbamates (subject to hydrolysis) is 1. The van der Waals surface area contributed by atoms with Crippen LogP contribution in [0.25, 0.3) is 0 Å². The van der Waals surface area contributed by atoms with Crippen LogP contribution in [0, 0.1) is 13.8 Å². The third-order valence-corrected chi connectivity index (χ3v) is 3.16. The second-order valence-electron chi connectivity index (χ2n) is 6.19. The second-order valence-corrected chi connectivity index (χ2v) is 6.19. The predicted octanol–water partition coefficient (Wildman–Crippen LogP) is 3.24. The number of ether oxygens (including phenoxy) is 1. The summed E-state index contributed by atoms with van der Waals surface area (Å²) in [5, 5.41) is 2.65. The third kappa shape index (κ3) is 3.83. The number of amides is 1. The number of aryl methyl sites for hydroxylation is 1. The van der Waals surface area contributed by atoms with Gasteiger partial charge >= 0.3 is 6.09 Å². The summed E-state index contributed by atoms with van der Waals surface area (Å²) in [6.07, 6.45) is 0.131. The summed E-state index contributed by atoms with van der Waals surface area (Å²) in [7, 11) is 0. The van der Waals surface area contributed by atoms with E-state index in [-0.39, 0.29) is 0 Å². The van der Waals surface area contributed by atoms with E-state index < -0.39 is 17.2 Å². The van der Waals surface area contributed by atoms with Crippen LogP contribution in [0.15, 0.2) is 18.2 Å². The molecule has 1 aromatic carbocycles. The number of rotatable bonds is 3. The molecule has 20 heavy (non-hydrogen) atoms. The van der Waals surface area contributed by atoms with Crippen molar-refractivity contribution in [3.05, 3.63) is 34.9 Å². The maximum Gasteiger partial charge on any atom is 0.408 e. The number of hydrogen-bond donors (Lipinski definition) is 1. The van der Waals surface area contributed by atoms with Gasteiger partial charge in [0.2, 0.25) is 0 Å². The van der Waals surface area contributed by atoms with Crippen molar-refractivity contribution in [3.8, 4) is 0 Å². The van der Waals surface area contributed by atoms with Crippen molar-refractivity contribution in [2.45, 2.75) is 52.7 Å². The third-order valence-electron chi connectivity index (χ3n) is 3.16. The average molecular weight is 277 g/mol. The Morgan fingerprint density at radius 1 is 1.20 bits per heavy atom. The van der Waals surface area contributed by atoms with E-state index in [0.717, 1.165) is 23.0 Å². The number of carbonyl (C=O) groups excluding carboxylic acids is 2. The molecule has 1 amide bonds. The summed E-state index contributed by atoms with van der Waals surface area (Å²) in [5.41, 5.74) is 1.13. The van der Waals surface area contributed by atoms with Crippen molar-refractivity contribution in [3.63, 3.8) is 0 Å². The zero-order chi connectivity index (χ0) is 15.6. The molecule has 0 radical (unpaired) electrons. The summed E-state index contributed by atoms with van der Waals surface area (Å²) >= 11 is 0. The standard InChI is InChI=1S/C16H23NO3/c1-11-8-7-9-13(12(11)2)16(6,10-18)17-14(19)20-15(3,4)5/h7-10H,1-6H3,(H,17,19). The highest BCUT2D eigenvalue weighted by atomic mass is 16.6. The highest BCUT2D eigenvalue weighted by Crippen LogP contribution is 2.25. The van der Waals surface area contributed by atoms with Gasteiger partial charge in [-0.2, -0.15) is 0 Å². The van der Waals surface area contributed by atoms with Crippen LogP contribution < -0.4 is 5.32 Å². The van der Waals surface area contributed by atoms with E-state index in [4.69, 9.17) is 4.74 Å². The topological polar surface area (TPSA) is 55.4 Å². The van der Waals surface area contributed by atoms with Gasteiger partial charge in [-0.15, -0.1) is 0 Å². The second kappa shape index (κ2) is 5.65. The van der Waals surface area contributed by atoms with Gasteiger partial charge in [-0.1, -0.05) is 18.2 Å². The number of nitrogens with one attached hydrogen (secondary N) is 1. The Balaban J connectivity index is 3.06. The number of benzene rings is 1. The van der Waals surface area contributed by atoms with Crippen LogP contribution in [0.2, 0.25) is 0 Å². The van der Waals surface area contributed by atoms with Gasteiger partial charge in [-0.25, -0.2) is 4.79 Å². The molecular formula is C16H23NO3. The van der Waals surface area contributed by atoms with Gasteiger partial charge in [-0.05, 0) is 58.2 Å². The van der Waals surface area contributed by atoms with E-state index in [1.54, 1.807) is 27.7 Å². The lowest BCUT2D eigenvalue weighted by molar-refractivity contribution is -0.113. The highest BCUT2D eigenvalue weighted by Gasteiger charge is 2.32. The Bertz CT molecular complexity index is 517.